The molecule has 7 heteroatoms. The molecule has 3 rings (SSSR count). The number of rotatable bonds is 6. The molecule has 0 unspecified atom stereocenters. The first-order valence-electron chi connectivity index (χ1n) is 9.55. The molecule has 0 radical (unpaired) electrons. The zero-order chi connectivity index (χ0) is 18.7. The largest absolute Gasteiger partial charge is 0.497 e. The number of tetrazole rings is 1. The lowest BCUT2D eigenvalue weighted by atomic mass is 9.99. The Morgan fingerprint density at radius 3 is 2.38 bits per heavy atom. The number of piperazine rings is 1. The van der Waals surface area contributed by atoms with Crippen LogP contribution < -0.4 is 14.5 Å². The number of nitrogens with zero attached hydrogens (tertiary/aromatic N) is 4. The molecule has 0 spiro atoms. The van der Waals surface area contributed by atoms with Gasteiger partial charge in [-0.2, -0.15) is 0 Å². The molecule has 1 saturated heterocycles. The van der Waals surface area contributed by atoms with Crippen molar-refractivity contribution in [3.63, 3.8) is 0 Å². The molecular weight excluding hydrogens is 328 g/mol. The maximum Gasteiger partial charge on any atom is 0.214 e. The summed E-state index contributed by atoms with van der Waals surface area (Å²) in [6, 6.07) is 8.50. The van der Waals surface area contributed by atoms with E-state index in [-0.39, 0.29) is 11.6 Å². The van der Waals surface area contributed by atoms with E-state index in [9.17, 15) is 0 Å². The summed E-state index contributed by atoms with van der Waals surface area (Å²) in [5, 5.41) is 12.9. The molecule has 7 nitrogen and oxygen atoms in total. The van der Waals surface area contributed by atoms with Gasteiger partial charge < -0.3 is 14.5 Å². The van der Waals surface area contributed by atoms with Crippen LogP contribution in [-0.2, 0) is 5.54 Å². The zero-order valence-corrected chi connectivity index (χ0v) is 16.6. The molecule has 1 aliphatic heterocycles. The van der Waals surface area contributed by atoms with Gasteiger partial charge in [0, 0.05) is 5.56 Å². The third-order valence-electron chi connectivity index (χ3n) is 5.79. The minimum absolute atomic E-state index is 0.110. The van der Waals surface area contributed by atoms with E-state index in [1.54, 1.807) is 12.0 Å². The summed E-state index contributed by atoms with van der Waals surface area (Å²) in [5.41, 5.74) is 1.13. The molecule has 0 aliphatic carbocycles. The number of aromatic nitrogens is 4. The third-order valence-corrected chi connectivity index (χ3v) is 5.79. The van der Waals surface area contributed by atoms with Crippen molar-refractivity contribution in [3.8, 4) is 5.75 Å². The van der Waals surface area contributed by atoms with Crippen LogP contribution in [-0.4, -0.2) is 60.5 Å². The predicted octanol–water partition coefficient (Wildman–Crippen LogP) is -0.671. The number of benzene rings is 1. The predicted molar refractivity (Wildman–Crippen MR) is 99.6 cm³/mol. The van der Waals surface area contributed by atoms with Gasteiger partial charge in [0.1, 0.15) is 31.9 Å². The normalized spacial score (nSPS) is 22.2. The van der Waals surface area contributed by atoms with Gasteiger partial charge in [0.25, 0.3) is 0 Å². The van der Waals surface area contributed by atoms with Crippen LogP contribution in [0.25, 0.3) is 0 Å². The molecule has 0 bridgehead atoms. The van der Waals surface area contributed by atoms with Crippen molar-refractivity contribution in [1.82, 2.24) is 20.2 Å². The van der Waals surface area contributed by atoms with Crippen LogP contribution in [0.4, 0.5) is 0 Å². The second-order valence-electron chi connectivity index (χ2n) is 7.94. The lowest BCUT2D eigenvalue weighted by molar-refractivity contribution is -1.02. The highest BCUT2D eigenvalue weighted by Crippen LogP contribution is 2.25. The van der Waals surface area contributed by atoms with Crippen LogP contribution in [0.15, 0.2) is 24.3 Å². The van der Waals surface area contributed by atoms with Crippen molar-refractivity contribution >= 4 is 0 Å². The van der Waals surface area contributed by atoms with Crippen molar-refractivity contribution < 1.29 is 14.5 Å². The zero-order valence-electron chi connectivity index (χ0n) is 16.6. The average molecular weight is 361 g/mol. The smallest absolute Gasteiger partial charge is 0.214 e. The second kappa shape index (κ2) is 7.72. The second-order valence-corrected chi connectivity index (χ2v) is 7.94. The van der Waals surface area contributed by atoms with Gasteiger partial charge in [-0.3, -0.25) is 0 Å². The highest BCUT2D eigenvalue weighted by atomic mass is 16.5. The first kappa shape index (κ1) is 18.8. The Morgan fingerprint density at radius 1 is 1.15 bits per heavy atom. The average Bonchev–Trinajstić information content (AvgIpc) is 3.14. The molecule has 2 heterocycles. The van der Waals surface area contributed by atoms with Crippen molar-refractivity contribution in [1.29, 1.82) is 0 Å². The SMILES string of the molecule is CCC(C)(C)n1nnnc1[C@@H](c1ccc(OC)cc1)[NH+]1CC[NH+](C)CC1. The molecule has 1 atom stereocenters. The quantitative estimate of drug-likeness (QED) is 0.717. The lowest BCUT2D eigenvalue weighted by Crippen LogP contribution is -3.27. The topological polar surface area (TPSA) is 61.7 Å². The van der Waals surface area contributed by atoms with Gasteiger partial charge in [-0.05, 0) is 55.0 Å². The fraction of sp³-hybridized carbons (Fsp3) is 0.632. The molecule has 1 aromatic heterocycles. The van der Waals surface area contributed by atoms with Crippen LogP contribution in [0.3, 0.4) is 0 Å². The van der Waals surface area contributed by atoms with Crippen LogP contribution in [0.5, 0.6) is 5.75 Å². The van der Waals surface area contributed by atoms with E-state index < -0.39 is 0 Å². The highest BCUT2D eigenvalue weighted by Gasteiger charge is 2.37. The van der Waals surface area contributed by atoms with Crippen LogP contribution in [0.2, 0.25) is 0 Å². The van der Waals surface area contributed by atoms with Gasteiger partial charge in [0.05, 0.1) is 19.7 Å². The van der Waals surface area contributed by atoms with Gasteiger partial charge in [-0.1, -0.05) is 6.92 Å². The van der Waals surface area contributed by atoms with E-state index in [2.05, 4.69) is 55.5 Å². The fourth-order valence-corrected chi connectivity index (χ4v) is 3.61. The number of quaternary nitrogens is 2. The maximum absolute atomic E-state index is 5.34. The number of nitrogens with one attached hydrogen (secondary N) is 2. The molecular formula is C19H32N6O+2. The number of ether oxygens (including phenoxy) is 1. The van der Waals surface area contributed by atoms with E-state index in [4.69, 9.17) is 4.74 Å². The Bertz CT molecular complexity index is 703. The summed E-state index contributed by atoms with van der Waals surface area (Å²) in [6.45, 7) is 11.1. The minimum Gasteiger partial charge on any atom is -0.497 e. The highest BCUT2D eigenvalue weighted by molar-refractivity contribution is 5.30. The Balaban J connectivity index is 2.02. The van der Waals surface area contributed by atoms with Crippen molar-refractivity contribution in [2.45, 2.75) is 38.8 Å². The molecule has 0 amide bonds. The Morgan fingerprint density at radius 2 is 1.81 bits per heavy atom. The minimum atomic E-state index is -0.110. The molecule has 1 aliphatic rings. The summed E-state index contributed by atoms with van der Waals surface area (Å²) in [6.07, 6.45) is 0.975. The Labute approximate surface area is 155 Å². The van der Waals surface area contributed by atoms with Crippen LogP contribution >= 0.6 is 0 Å². The molecule has 2 aromatic rings. The van der Waals surface area contributed by atoms with E-state index in [1.165, 1.54) is 23.6 Å². The number of hydrogen-bond donors (Lipinski definition) is 2. The van der Waals surface area contributed by atoms with Gasteiger partial charge >= 0.3 is 0 Å². The molecule has 26 heavy (non-hydrogen) atoms. The third kappa shape index (κ3) is 3.73. The van der Waals surface area contributed by atoms with Gasteiger partial charge in [-0.15, -0.1) is 5.10 Å². The first-order chi connectivity index (χ1) is 12.5. The van der Waals surface area contributed by atoms with Gasteiger partial charge in [-0.25, -0.2) is 4.68 Å². The number of methoxy groups -OCH3 is 1. The van der Waals surface area contributed by atoms with E-state index >= 15 is 0 Å². The molecule has 142 valence electrons. The Kier molecular flexibility index (Phi) is 5.58. The molecule has 1 fully saturated rings. The van der Waals surface area contributed by atoms with E-state index in [0.717, 1.165) is 31.1 Å². The standard InChI is InChI=1S/C19H30N6O/c1-6-19(2,3)25-18(20-21-22-25)17(24-13-11-23(4)12-14-24)15-7-9-16(26-5)10-8-15/h7-10,17H,6,11-14H2,1-5H3/p+2/t17-/m1/s1. The van der Waals surface area contributed by atoms with E-state index in [0.29, 0.717) is 0 Å². The fourth-order valence-electron chi connectivity index (χ4n) is 3.61. The first-order valence-corrected chi connectivity index (χ1v) is 9.55. The Hall–Kier alpha value is -1.99. The molecule has 2 N–H and O–H groups in total. The number of hydrogen-bond acceptors (Lipinski definition) is 4. The van der Waals surface area contributed by atoms with E-state index in [1.807, 2.05) is 16.8 Å². The lowest BCUT2D eigenvalue weighted by Gasteiger charge is -2.34. The van der Waals surface area contributed by atoms with Crippen molar-refractivity contribution in [3.05, 3.63) is 35.7 Å². The number of likely N-dealkylation sites (N-methyl/N-ethyl adjacent to an activating group) is 1. The van der Waals surface area contributed by atoms with Crippen LogP contribution in [0.1, 0.15) is 44.6 Å². The summed E-state index contributed by atoms with van der Waals surface area (Å²) in [4.78, 5) is 3.12. The summed E-state index contributed by atoms with van der Waals surface area (Å²) in [5.74, 6) is 1.83. The van der Waals surface area contributed by atoms with Gasteiger partial charge in [0.15, 0.2) is 6.04 Å². The van der Waals surface area contributed by atoms with Crippen LogP contribution in [0, 0.1) is 0 Å². The molecule has 1 aromatic carbocycles. The van der Waals surface area contributed by atoms with Gasteiger partial charge in [0.2, 0.25) is 5.82 Å². The van der Waals surface area contributed by atoms with Crippen molar-refractivity contribution in [2.75, 3.05) is 40.3 Å². The summed E-state index contributed by atoms with van der Waals surface area (Å²) < 4.78 is 7.37. The summed E-state index contributed by atoms with van der Waals surface area (Å²) >= 11 is 0. The van der Waals surface area contributed by atoms with Crippen molar-refractivity contribution in [2.24, 2.45) is 0 Å². The monoisotopic (exact) mass is 360 g/mol. The maximum atomic E-state index is 5.34. The summed E-state index contributed by atoms with van der Waals surface area (Å²) in [7, 11) is 3.97. The molecule has 0 saturated carbocycles.